The van der Waals surface area contributed by atoms with Gasteiger partial charge < -0.3 is 9.84 Å². The molecule has 1 N–H and O–H groups in total. The second-order valence-electron chi connectivity index (χ2n) is 4.08. The summed E-state index contributed by atoms with van der Waals surface area (Å²) in [6.07, 6.45) is -4.73. The van der Waals surface area contributed by atoms with Crippen molar-refractivity contribution in [3.8, 4) is 0 Å². The van der Waals surface area contributed by atoms with E-state index in [-0.39, 0.29) is 6.42 Å². The first-order valence-electron chi connectivity index (χ1n) is 5.14. The van der Waals surface area contributed by atoms with Gasteiger partial charge in [-0.15, -0.1) is 0 Å². The lowest BCUT2D eigenvalue weighted by atomic mass is 9.91. The third-order valence-electron chi connectivity index (χ3n) is 2.76. The number of ether oxygens (including phenoxy) is 1. The van der Waals surface area contributed by atoms with Crippen molar-refractivity contribution in [3.05, 3.63) is 35.4 Å². The van der Waals surface area contributed by atoms with Crippen LogP contribution < -0.4 is 0 Å². The van der Waals surface area contributed by atoms with Crippen LogP contribution in [-0.2, 0) is 21.3 Å². The van der Waals surface area contributed by atoms with Crippen LogP contribution in [-0.4, -0.2) is 18.2 Å². The zero-order valence-electron chi connectivity index (χ0n) is 9.91. The van der Waals surface area contributed by atoms with E-state index >= 15 is 0 Å². The largest absolute Gasteiger partial charge is 0.481 e. The topological polar surface area (TPSA) is 46.5 Å². The molecule has 6 heteroatoms. The van der Waals surface area contributed by atoms with E-state index in [9.17, 15) is 18.0 Å². The summed E-state index contributed by atoms with van der Waals surface area (Å²) < 4.78 is 42.2. The molecule has 3 nitrogen and oxygen atoms in total. The lowest BCUT2D eigenvalue weighted by Crippen LogP contribution is -2.28. The van der Waals surface area contributed by atoms with Crippen molar-refractivity contribution in [2.75, 3.05) is 7.11 Å². The molecule has 0 heterocycles. The summed E-state index contributed by atoms with van der Waals surface area (Å²) in [6, 6.07) is 4.29. The molecule has 0 aliphatic rings. The van der Waals surface area contributed by atoms with E-state index in [1.807, 2.05) is 0 Å². The second-order valence-corrected chi connectivity index (χ2v) is 4.08. The Labute approximate surface area is 102 Å². The molecule has 18 heavy (non-hydrogen) atoms. The summed E-state index contributed by atoms with van der Waals surface area (Å²) in [6.45, 7) is 1.52. The fourth-order valence-electron chi connectivity index (χ4n) is 1.59. The van der Waals surface area contributed by atoms with Gasteiger partial charge in [0.25, 0.3) is 0 Å². The van der Waals surface area contributed by atoms with Gasteiger partial charge >= 0.3 is 12.1 Å². The zero-order chi connectivity index (χ0) is 14.0. The van der Waals surface area contributed by atoms with Gasteiger partial charge in [0.2, 0.25) is 0 Å². The molecule has 1 aromatic carbocycles. The van der Waals surface area contributed by atoms with Gasteiger partial charge in [0.05, 0.1) is 12.0 Å². The Morgan fingerprint density at radius 3 is 2.00 bits per heavy atom. The highest BCUT2D eigenvalue weighted by Crippen LogP contribution is 2.33. The van der Waals surface area contributed by atoms with Gasteiger partial charge in [-0.2, -0.15) is 13.2 Å². The van der Waals surface area contributed by atoms with Crippen LogP contribution >= 0.6 is 0 Å². The maximum absolute atomic E-state index is 12.4. The highest BCUT2D eigenvalue weighted by molar-refractivity contribution is 5.68. The minimum absolute atomic E-state index is 0.325. The third-order valence-corrected chi connectivity index (χ3v) is 2.76. The molecule has 0 saturated carbocycles. The minimum atomic E-state index is -4.41. The Morgan fingerprint density at radius 2 is 1.67 bits per heavy atom. The van der Waals surface area contributed by atoms with E-state index in [2.05, 4.69) is 0 Å². The van der Waals surface area contributed by atoms with Gasteiger partial charge in [0.1, 0.15) is 5.60 Å². The van der Waals surface area contributed by atoms with Gasteiger partial charge in [-0.05, 0) is 24.6 Å². The Morgan fingerprint density at radius 1 is 1.22 bits per heavy atom. The molecule has 1 unspecified atom stereocenters. The monoisotopic (exact) mass is 262 g/mol. The van der Waals surface area contributed by atoms with Crippen molar-refractivity contribution in [3.63, 3.8) is 0 Å². The van der Waals surface area contributed by atoms with Crippen molar-refractivity contribution in [2.24, 2.45) is 0 Å². The van der Waals surface area contributed by atoms with Crippen molar-refractivity contribution in [1.82, 2.24) is 0 Å². The van der Waals surface area contributed by atoms with Crippen molar-refractivity contribution >= 4 is 5.97 Å². The molecule has 0 fully saturated rings. The number of carboxylic acid groups (broad SMARTS) is 1. The van der Waals surface area contributed by atoms with Crippen LogP contribution in [0.4, 0.5) is 13.2 Å². The Balaban J connectivity index is 3.06. The van der Waals surface area contributed by atoms with Crippen LogP contribution in [0.1, 0.15) is 24.5 Å². The van der Waals surface area contributed by atoms with Gasteiger partial charge in [-0.1, -0.05) is 12.1 Å². The van der Waals surface area contributed by atoms with Crippen molar-refractivity contribution in [2.45, 2.75) is 25.1 Å². The molecule has 0 bridgehead atoms. The maximum Gasteiger partial charge on any atom is 0.416 e. The van der Waals surface area contributed by atoms with Crippen LogP contribution in [0.15, 0.2) is 24.3 Å². The average molecular weight is 262 g/mol. The highest BCUT2D eigenvalue weighted by atomic mass is 19.4. The first-order chi connectivity index (χ1) is 8.19. The number of carboxylic acids is 1. The third kappa shape index (κ3) is 3.22. The molecule has 100 valence electrons. The molecule has 0 aliphatic carbocycles. The Kier molecular flexibility index (Phi) is 4.01. The molecule has 1 atom stereocenters. The first-order valence-corrected chi connectivity index (χ1v) is 5.14. The number of carbonyl (C=O) groups is 1. The zero-order valence-corrected chi connectivity index (χ0v) is 9.91. The molecule has 1 rings (SSSR count). The number of benzene rings is 1. The number of hydrogen-bond donors (Lipinski definition) is 1. The summed E-state index contributed by atoms with van der Waals surface area (Å²) in [4.78, 5) is 10.7. The number of halogens is 3. The number of hydrogen-bond acceptors (Lipinski definition) is 2. The van der Waals surface area contributed by atoms with Crippen LogP contribution in [0, 0.1) is 0 Å². The van der Waals surface area contributed by atoms with Crippen molar-refractivity contribution < 1.29 is 27.8 Å². The number of aliphatic carboxylic acids is 1. The van der Waals surface area contributed by atoms with Gasteiger partial charge in [0, 0.05) is 7.11 Å². The van der Waals surface area contributed by atoms with Gasteiger partial charge in [-0.3, -0.25) is 4.79 Å². The predicted octanol–water partition coefficient (Wildman–Crippen LogP) is 3.04. The van der Waals surface area contributed by atoms with Crippen LogP contribution in [0.3, 0.4) is 0 Å². The fourth-order valence-corrected chi connectivity index (χ4v) is 1.59. The summed E-state index contributed by atoms with van der Waals surface area (Å²) in [5.74, 6) is -1.08. The van der Waals surface area contributed by atoms with Crippen LogP contribution in [0.25, 0.3) is 0 Å². The molecule has 0 aliphatic heterocycles. The van der Waals surface area contributed by atoms with Gasteiger partial charge in [0.15, 0.2) is 0 Å². The molecular weight excluding hydrogens is 249 g/mol. The average Bonchev–Trinajstić information content (AvgIpc) is 2.27. The predicted molar refractivity (Wildman–Crippen MR) is 58.1 cm³/mol. The molecule has 0 aromatic heterocycles. The quantitative estimate of drug-likeness (QED) is 0.907. The molecule has 0 saturated heterocycles. The summed E-state index contributed by atoms with van der Waals surface area (Å²) in [7, 11) is 1.32. The summed E-state index contributed by atoms with van der Waals surface area (Å²) in [5, 5.41) is 8.77. The SMILES string of the molecule is COC(C)(CC(=O)O)c1ccc(C(F)(F)F)cc1. The summed E-state index contributed by atoms with van der Waals surface area (Å²) in [5.41, 5.74) is -1.53. The Bertz CT molecular complexity index is 425. The normalized spacial score (nSPS) is 15.2. The number of methoxy groups -OCH3 is 1. The number of alkyl halides is 3. The Hall–Kier alpha value is -1.56. The second kappa shape index (κ2) is 4.97. The van der Waals surface area contributed by atoms with E-state index < -0.39 is 23.3 Å². The van der Waals surface area contributed by atoms with E-state index in [1.54, 1.807) is 0 Å². The van der Waals surface area contributed by atoms with E-state index in [4.69, 9.17) is 9.84 Å². The standard InChI is InChI=1S/C12H13F3O3/c1-11(18-2,7-10(16)17)8-3-5-9(6-4-8)12(13,14)15/h3-6H,7H2,1-2H3,(H,16,17). The first kappa shape index (κ1) is 14.5. The fraction of sp³-hybridized carbons (Fsp3) is 0.417. The molecule has 0 spiro atoms. The van der Waals surface area contributed by atoms with Gasteiger partial charge in [-0.25, -0.2) is 0 Å². The highest BCUT2D eigenvalue weighted by Gasteiger charge is 2.33. The summed E-state index contributed by atoms with van der Waals surface area (Å²) >= 11 is 0. The van der Waals surface area contributed by atoms with E-state index in [0.29, 0.717) is 5.56 Å². The minimum Gasteiger partial charge on any atom is -0.481 e. The van der Waals surface area contributed by atoms with E-state index in [0.717, 1.165) is 12.1 Å². The maximum atomic E-state index is 12.4. The molecule has 0 radical (unpaired) electrons. The van der Waals surface area contributed by atoms with Crippen molar-refractivity contribution in [1.29, 1.82) is 0 Å². The smallest absolute Gasteiger partial charge is 0.416 e. The molecule has 1 aromatic rings. The van der Waals surface area contributed by atoms with E-state index in [1.165, 1.54) is 26.2 Å². The molecular formula is C12H13F3O3. The lowest BCUT2D eigenvalue weighted by Gasteiger charge is -2.27. The van der Waals surface area contributed by atoms with Crippen LogP contribution in [0.2, 0.25) is 0 Å². The van der Waals surface area contributed by atoms with Crippen LogP contribution in [0.5, 0.6) is 0 Å². The molecule has 0 amide bonds. The lowest BCUT2D eigenvalue weighted by molar-refractivity contribution is -0.144. The number of rotatable bonds is 4.